The molecule has 0 bridgehead atoms. The second-order valence-corrected chi connectivity index (χ2v) is 7.56. The SMILES string of the molecule is O=C(/C=C/c1ccc(Cl)cc1)NC1CCS(=O)(=O)CC1. The van der Waals surface area contributed by atoms with Crippen LogP contribution in [0.15, 0.2) is 30.3 Å². The van der Waals surface area contributed by atoms with Crippen LogP contribution in [0.3, 0.4) is 0 Å². The number of nitrogens with one attached hydrogen (secondary N) is 1. The minimum atomic E-state index is -2.89. The van der Waals surface area contributed by atoms with Crippen molar-refractivity contribution >= 4 is 33.4 Å². The van der Waals surface area contributed by atoms with E-state index in [-0.39, 0.29) is 23.5 Å². The molecule has 0 atom stereocenters. The number of carbonyl (C=O) groups is 1. The average Bonchev–Trinajstić information content (AvgIpc) is 2.41. The number of rotatable bonds is 3. The van der Waals surface area contributed by atoms with E-state index in [0.29, 0.717) is 17.9 Å². The second-order valence-electron chi connectivity index (χ2n) is 4.82. The molecule has 0 spiro atoms. The number of amides is 1. The molecule has 1 aliphatic heterocycles. The van der Waals surface area contributed by atoms with E-state index in [1.54, 1.807) is 18.2 Å². The Balaban J connectivity index is 1.85. The zero-order valence-electron chi connectivity index (χ0n) is 10.9. The van der Waals surface area contributed by atoms with Crippen molar-refractivity contribution in [2.45, 2.75) is 18.9 Å². The van der Waals surface area contributed by atoms with Gasteiger partial charge in [-0.25, -0.2) is 8.42 Å². The summed E-state index contributed by atoms with van der Waals surface area (Å²) in [6.07, 6.45) is 4.13. The summed E-state index contributed by atoms with van der Waals surface area (Å²) in [6, 6.07) is 7.09. The van der Waals surface area contributed by atoms with E-state index in [9.17, 15) is 13.2 Å². The van der Waals surface area contributed by atoms with Gasteiger partial charge in [0.15, 0.2) is 0 Å². The van der Waals surface area contributed by atoms with Crippen LogP contribution >= 0.6 is 11.6 Å². The predicted molar refractivity (Wildman–Crippen MR) is 80.3 cm³/mol. The molecular weight excluding hydrogens is 298 g/mol. The van der Waals surface area contributed by atoms with E-state index in [1.165, 1.54) is 6.08 Å². The van der Waals surface area contributed by atoms with Crippen LogP contribution in [0.5, 0.6) is 0 Å². The maximum atomic E-state index is 11.7. The predicted octanol–water partition coefficient (Wildman–Crippen LogP) is 2.05. The molecule has 6 heteroatoms. The van der Waals surface area contributed by atoms with Gasteiger partial charge in [0.1, 0.15) is 9.84 Å². The van der Waals surface area contributed by atoms with Gasteiger partial charge in [-0.3, -0.25) is 4.79 Å². The number of hydrogen-bond acceptors (Lipinski definition) is 3. The number of sulfone groups is 1. The fraction of sp³-hybridized carbons (Fsp3) is 0.357. The lowest BCUT2D eigenvalue weighted by molar-refractivity contribution is -0.117. The molecule has 2 rings (SSSR count). The summed E-state index contributed by atoms with van der Waals surface area (Å²) in [5.41, 5.74) is 0.885. The minimum Gasteiger partial charge on any atom is -0.350 e. The Morgan fingerprint density at radius 1 is 1.20 bits per heavy atom. The molecule has 0 saturated carbocycles. The van der Waals surface area contributed by atoms with Crippen molar-refractivity contribution in [1.82, 2.24) is 5.32 Å². The van der Waals surface area contributed by atoms with Crippen LogP contribution in [0.2, 0.25) is 5.02 Å². The molecule has 4 nitrogen and oxygen atoms in total. The molecule has 1 fully saturated rings. The number of halogens is 1. The van der Waals surface area contributed by atoms with Crippen LogP contribution in [0, 0.1) is 0 Å². The summed E-state index contributed by atoms with van der Waals surface area (Å²) in [5, 5.41) is 3.47. The lowest BCUT2D eigenvalue weighted by atomic mass is 10.1. The zero-order valence-corrected chi connectivity index (χ0v) is 12.5. The Morgan fingerprint density at radius 2 is 1.80 bits per heavy atom. The van der Waals surface area contributed by atoms with Gasteiger partial charge in [-0.15, -0.1) is 0 Å². The Labute approximate surface area is 123 Å². The third-order valence-electron chi connectivity index (χ3n) is 3.20. The van der Waals surface area contributed by atoms with Crippen molar-refractivity contribution in [3.63, 3.8) is 0 Å². The van der Waals surface area contributed by atoms with Gasteiger partial charge in [0, 0.05) is 17.1 Å². The quantitative estimate of drug-likeness (QED) is 0.869. The van der Waals surface area contributed by atoms with E-state index in [0.717, 1.165) is 5.56 Å². The van der Waals surface area contributed by atoms with Gasteiger partial charge in [-0.05, 0) is 36.6 Å². The summed E-state index contributed by atoms with van der Waals surface area (Å²) in [6.45, 7) is 0. The maximum Gasteiger partial charge on any atom is 0.244 e. The molecule has 1 aromatic rings. The summed E-state index contributed by atoms with van der Waals surface area (Å²) in [7, 11) is -2.89. The fourth-order valence-electron chi connectivity index (χ4n) is 2.03. The van der Waals surface area contributed by atoms with Gasteiger partial charge in [-0.2, -0.15) is 0 Å². The van der Waals surface area contributed by atoms with Crippen molar-refractivity contribution in [3.05, 3.63) is 40.9 Å². The summed E-state index contributed by atoms with van der Waals surface area (Å²) in [4.78, 5) is 11.7. The Hall–Kier alpha value is -1.33. The molecule has 1 aliphatic rings. The molecule has 1 N–H and O–H groups in total. The third-order valence-corrected chi connectivity index (χ3v) is 5.17. The first kappa shape index (κ1) is 15.1. The van der Waals surface area contributed by atoms with Crippen molar-refractivity contribution in [1.29, 1.82) is 0 Å². The van der Waals surface area contributed by atoms with Crippen LogP contribution in [0.4, 0.5) is 0 Å². The van der Waals surface area contributed by atoms with Gasteiger partial charge in [0.05, 0.1) is 11.5 Å². The highest BCUT2D eigenvalue weighted by atomic mass is 35.5. The molecule has 1 saturated heterocycles. The molecule has 0 radical (unpaired) electrons. The van der Waals surface area contributed by atoms with E-state index >= 15 is 0 Å². The number of benzene rings is 1. The largest absolute Gasteiger partial charge is 0.350 e. The molecule has 0 aromatic heterocycles. The van der Waals surface area contributed by atoms with Crippen molar-refractivity contribution < 1.29 is 13.2 Å². The smallest absolute Gasteiger partial charge is 0.244 e. The third kappa shape index (κ3) is 4.65. The monoisotopic (exact) mass is 313 g/mol. The normalized spacial score (nSPS) is 19.1. The fourth-order valence-corrected chi connectivity index (χ4v) is 3.65. The van der Waals surface area contributed by atoms with E-state index < -0.39 is 9.84 Å². The summed E-state index contributed by atoms with van der Waals surface area (Å²) in [5.74, 6) is 0.0989. The van der Waals surface area contributed by atoms with Crippen LogP contribution in [0.25, 0.3) is 6.08 Å². The van der Waals surface area contributed by atoms with Gasteiger partial charge in [-0.1, -0.05) is 23.7 Å². The Morgan fingerprint density at radius 3 is 2.40 bits per heavy atom. The van der Waals surface area contributed by atoms with E-state index in [4.69, 9.17) is 11.6 Å². The van der Waals surface area contributed by atoms with Crippen molar-refractivity contribution in [2.75, 3.05) is 11.5 Å². The number of hydrogen-bond donors (Lipinski definition) is 1. The van der Waals surface area contributed by atoms with Gasteiger partial charge < -0.3 is 5.32 Å². The Kier molecular flexibility index (Phi) is 4.83. The molecule has 0 unspecified atom stereocenters. The average molecular weight is 314 g/mol. The lowest BCUT2D eigenvalue weighted by Gasteiger charge is -2.22. The zero-order chi connectivity index (χ0) is 14.6. The molecule has 1 amide bonds. The number of carbonyl (C=O) groups excluding carboxylic acids is 1. The van der Waals surface area contributed by atoms with Crippen LogP contribution in [-0.4, -0.2) is 31.9 Å². The van der Waals surface area contributed by atoms with Crippen LogP contribution in [0.1, 0.15) is 18.4 Å². The molecule has 0 aliphatic carbocycles. The van der Waals surface area contributed by atoms with Gasteiger partial charge in [0.25, 0.3) is 0 Å². The highest BCUT2D eigenvalue weighted by Crippen LogP contribution is 2.13. The molecular formula is C14H16ClNO3S. The highest BCUT2D eigenvalue weighted by molar-refractivity contribution is 7.91. The van der Waals surface area contributed by atoms with Crippen LogP contribution in [-0.2, 0) is 14.6 Å². The van der Waals surface area contributed by atoms with Gasteiger partial charge >= 0.3 is 0 Å². The molecule has 1 aromatic carbocycles. The second kappa shape index (κ2) is 6.41. The maximum absolute atomic E-state index is 11.7. The minimum absolute atomic E-state index is 0.0547. The summed E-state index contributed by atoms with van der Waals surface area (Å²) >= 11 is 5.77. The lowest BCUT2D eigenvalue weighted by Crippen LogP contribution is -2.40. The van der Waals surface area contributed by atoms with Gasteiger partial charge in [0.2, 0.25) is 5.91 Å². The topological polar surface area (TPSA) is 63.2 Å². The molecule has 20 heavy (non-hydrogen) atoms. The molecule has 1 heterocycles. The standard InChI is InChI=1S/C14H16ClNO3S/c15-12-4-1-11(2-5-12)3-6-14(17)16-13-7-9-20(18,19)10-8-13/h1-6,13H,7-10H2,(H,16,17)/b6-3+. The van der Waals surface area contributed by atoms with E-state index in [2.05, 4.69) is 5.32 Å². The first-order valence-corrected chi connectivity index (χ1v) is 8.59. The van der Waals surface area contributed by atoms with Crippen molar-refractivity contribution in [2.24, 2.45) is 0 Å². The molecule has 108 valence electrons. The van der Waals surface area contributed by atoms with Crippen LogP contribution < -0.4 is 5.32 Å². The Bertz CT molecular complexity index is 594. The first-order chi connectivity index (χ1) is 9.44. The summed E-state index contributed by atoms with van der Waals surface area (Å²) < 4.78 is 22.6. The highest BCUT2D eigenvalue weighted by Gasteiger charge is 2.23. The van der Waals surface area contributed by atoms with E-state index in [1.807, 2.05) is 12.1 Å². The first-order valence-electron chi connectivity index (χ1n) is 6.39. The van der Waals surface area contributed by atoms with Crippen molar-refractivity contribution in [3.8, 4) is 0 Å².